The standard InChI is InChI=1S/C47H59F2N13O4/c1-47(2,3)62-45-38(43(50)53-27-54-45)39(57-62)40-37(42(66-58-40)29-10-11-29)44-51-25-30(26-52-44)28-14-17-60(18-15-28)36(64)9-7-5-4-6-8-16-59-19-21-61(22-20-59)41-32(48)23-31(24-33(41)49)55-34-12-13-35(63)56-46(34)65/h23-29,34,55H,4-22H2,1-3H3,(H2,50,53,54)(H,56,63,65). The van der Waals surface area contributed by atoms with Crippen LogP contribution in [0.25, 0.3) is 33.8 Å². The predicted molar refractivity (Wildman–Crippen MR) is 244 cm³/mol. The number of aromatic nitrogens is 7. The molecular formula is C47H59F2N13O4. The highest BCUT2D eigenvalue weighted by Crippen LogP contribution is 2.48. The second-order valence-electron chi connectivity index (χ2n) is 19.2. The van der Waals surface area contributed by atoms with Crippen LogP contribution in [0, 0.1) is 11.6 Å². The number of carbonyl (C=O) groups excluding carboxylic acids is 3. The van der Waals surface area contributed by atoms with E-state index < -0.39 is 23.6 Å². The van der Waals surface area contributed by atoms with Gasteiger partial charge in [0.1, 0.15) is 35.3 Å². The number of fused-ring (bicyclic) bond motifs is 1. The molecule has 1 aromatic carbocycles. The van der Waals surface area contributed by atoms with E-state index in [-0.39, 0.29) is 53.4 Å². The van der Waals surface area contributed by atoms with Gasteiger partial charge in [0.05, 0.1) is 16.5 Å². The Morgan fingerprint density at radius 2 is 1.56 bits per heavy atom. The number of piperazine rings is 1. The lowest BCUT2D eigenvalue weighted by molar-refractivity contribution is -0.134. The largest absolute Gasteiger partial charge is 0.383 e. The van der Waals surface area contributed by atoms with E-state index in [1.54, 1.807) is 4.90 Å². The van der Waals surface area contributed by atoms with E-state index in [0.29, 0.717) is 79.8 Å². The minimum absolute atomic E-state index is 0.0530. The number of hydrogen-bond acceptors (Lipinski definition) is 14. The number of hydrogen-bond donors (Lipinski definition) is 3. The zero-order valence-corrected chi connectivity index (χ0v) is 38.0. The third-order valence-electron chi connectivity index (χ3n) is 13.4. The number of imide groups is 1. The van der Waals surface area contributed by atoms with Gasteiger partial charge in [-0.3, -0.25) is 24.6 Å². The number of rotatable bonds is 15. The summed E-state index contributed by atoms with van der Waals surface area (Å²) in [5.41, 5.74) is 9.62. The lowest BCUT2D eigenvalue weighted by atomic mass is 9.91. The van der Waals surface area contributed by atoms with Crippen molar-refractivity contribution in [3.63, 3.8) is 0 Å². The summed E-state index contributed by atoms with van der Waals surface area (Å²) in [6.45, 7) is 10.9. The first kappa shape index (κ1) is 45.1. The van der Waals surface area contributed by atoms with Crippen LogP contribution in [0.15, 0.2) is 35.4 Å². The third kappa shape index (κ3) is 9.71. The molecule has 66 heavy (non-hydrogen) atoms. The molecule has 7 heterocycles. The minimum atomic E-state index is -0.719. The monoisotopic (exact) mass is 907 g/mol. The van der Waals surface area contributed by atoms with E-state index >= 15 is 8.78 Å². The molecule has 4 aromatic heterocycles. The van der Waals surface area contributed by atoms with Gasteiger partial charge < -0.3 is 25.4 Å². The van der Waals surface area contributed by atoms with Gasteiger partial charge >= 0.3 is 0 Å². The van der Waals surface area contributed by atoms with Crippen LogP contribution in [-0.4, -0.2) is 114 Å². The molecule has 3 aliphatic heterocycles. The van der Waals surface area contributed by atoms with Gasteiger partial charge in [0, 0.05) is 76.1 Å². The molecule has 0 spiro atoms. The Hall–Kier alpha value is -6.11. The number of piperidine rings is 2. The average Bonchev–Trinajstić information content (AvgIpc) is 3.91. The van der Waals surface area contributed by atoms with Gasteiger partial charge in [0.15, 0.2) is 28.9 Å². The number of likely N-dealkylation sites (tertiary alicyclic amines) is 1. The number of unbranched alkanes of at least 4 members (excludes halogenated alkanes) is 4. The zero-order valence-electron chi connectivity index (χ0n) is 38.0. The SMILES string of the molecule is CC(C)(C)n1nc(-c2noc(C3CC3)c2-c2ncc(C3CCN(C(=O)CCCCCCCN4CCN(c5c(F)cc(NC6CCC(=O)NC6=O)cc5F)CC4)CC3)cn2)c2c(N)ncnc21. The van der Waals surface area contributed by atoms with Gasteiger partial charge in [-0.1, -0.05) is 24.4 Å². The number of benzene rings is 1. The summed E-state index contributed by atoms with van der Waals surface area (Å²) in [5.74, 6) is 0.106. The van der Waals surface area contributed by atoms with Crippen molar-refractivity contribution in [1.82, 2.24) is 50.0 Å². The third-order valence-corrected chi connectivity index (χ3v) is 13.4. The Bertz CT molecular complexity index is 2550. The lowest BCUT2D eigenvalue weighted by Gasteiger charge is -2.36. The number of carbonyl (C=O) groups is 3. The topological polar surface area (TPSA) is 206 Å². The average molecular weight is 908 g/mol. The summed E-state index contributed by atoms with van der Waals surface area (Å²) in [7, 11) is 0. The number of nitrogen functional groups attached to an aromatic ring is 1. The summed E-state index contributed by atoms with van der Waals surface area (Å²) < 4.78 is 38.1. The smallest absolute Gasteiger partial charge is 0.249 e. The van der Waals surface area contributed by atoms with Crippen LogP contribution in [0.4, 0.5) is 26.0 Å². The molecule has 0 radical (unpaired) electrons. The molecule has 5 aromatic rings. The van der Waals surface area contributed by atoms with Crippen molar-refractivity contribution < 1.29 is 27.7 Å². The van der Waals surface area contributed by atoms with E-state index in [1.807, 2.05) is 22.0 Å². The van der Waals surface area contributed by atoms with Crippen molar-refractivity contribution in [2.75, 3.05) is 61.8 Å². The number of nitrogens with zero attached hydrogens (tertiary/aromatic N) is 10. The Labute approximate surface area is 382 Å². The number of halogens is 2. The first-order valence-electron chi connectivity index (χ1n) is 23.5. The molecule has 1 saturated carbocycles. The van der Waals surface area contributed by atoms with Gasteiger partial charge in [0.2, 0.25) is 17.7 Å². The summed E-state index contributed by atoms with van der Waals surface area (Å²) in [4.78, 5) is 61.3. The van der Waals surface area contributed by atoms with Crippen LogP contribution in [0.1, 0.15) is 121 Å². The molecule has 4 N–H and O–H groups in total. The molecule has 1 unspecified atom stereocenters. The second-order valence-corrected chi connectivity index (χ2v) is 19.2. The fraction of sp³-hybridized carbons (Fsp3) is 0.553. The molecule has 1 atom stereocenters. The fourth-order valence-corrected chi connectivity index (χ4v) is 9.53. The maximum Gasteiger partial charge on any atom is 0.249 e. The van der Waals surface area contributed by atoms with Gasteiger partial charge in [-0.25, -0.2) is 33.4 Å². The normalized spacial score (nSPS) is 18.9. The Balaban J connectivity index is 0.693. The highest BCUT2D eigenvalue weighted by Gasteiger charge is 2.37. The first-order chi connectivity index (χ1) is 31.8. The molecule has 4 fully saturated rings. The van der Waals surface area contributed by atoms with Crippen LogP contribution in [-0.2, 0) is 19.9 Å². The molecule has 17 nitrogen and oxygen atoms in total. The maximum absolute atomic E-state index is 15.1. The van der Waals surface area contributed by atoms with E-state index in [4.69, 9.17) is 25.3 Å². The van der Waals surface area contributed by atoms with Gasteiger partial charge in [-0.15, -0.1) is 0 Å². The van der Waals surface area contributed by atoms with Crippen molar-refractivity contribution in [2.45, 2.75) is 121 Å². The lowest BCUT2D eigenvalue weighted by Crippen LogP contribution is -2.47. The summed E-state index contributed by atoms with van der Waals surface area (Å²) in [6.07, 6.45) is 15.0. The van der Waals surface area contributed by atoms with Gasteiger partial charge in [0.25, 0.3) is 0 Å². The number of nitrogens with two attached hydrogens (primary N) is 1. The quantitative estimate of drug-likeness (QED) is 0.0756. The Morgan fingerprint density at radius 3 is 2.24 bits per heavy atom. The van der Waals surface area contributed by atoms with E-state index in [2.05, 4.69) is 51.4 Å². The van der Waals surface area contributed by atoms with Crippen molar-refractivity contribution in [3.8, 4) is 22.8 Å². The molecule has 4 aliphatic rings. The number of anilines is 3. The van der Waals surface area contributed by atoms with Crippen LogP contribution in [0.2, 0.25) is 0 Å². The highest BCUT2D eigenvalue weighted by atomic mass is 19.1. The van der Waals surface area contributed by atoms with E-state index in [1.165, 1.54) is 18.5 Å². The molecule has 9 rings (SSSR count). The van der Waals surface area contributed by atoms with Crippen molar-refractivity contribution in [3.05, 3.63) is 53.8 Å². The summed E-state index contributed by atoms with van der Waals surface area (Å²) in [5, 5.41) is 15.2. The minimum Gasteiger partial charge on any atom is -0.383 e. The molecular weight excluding hydrogens is 849 g/mol. The van der Waals surface area contributed by atoms with Crippen LogP contribution < -0.4 is 21.3 Å². The summed E-state index contributed by atoms with van der Waals surface area (Å²) in [6, 6.07) is 1.70. The van der Waals surface area contributed by atoms with E-state index in [0.717, 1.165) is 81.2 Å². The molecule has 0 bridgehead atoms. The van der Waals surface area contributed by atoms with Gasteiger partial charge in [-0.2, -0.15) is 5.10 Å². The molecule has 1 aliphatic carbocycles. The molecule has 3 amide bonds. The molecule has 350 valence electrons. The number of nitrogens with one attached hydrogen (secondary N) is 2. The van der Waals surface area contributed by atoms with Gasteiger partial charge in [-0.05, 0) is 95.9 Å². The fourth-order valence-electron chi connectivity index (χ4n) is 9.53. The van der Waals surface area contributed by atoms with Crippen LogP contribution in [0.3, 0.4) is 0 Å². The predicted octanol–water partition coefficient (Wildman–Crippen LogP) is 6.52. The van der Waals surface area contributed by atoms with Crippen molar-refractivity contribution >= 4 is 45.9 Å². The molecule has 3 saturated heterocycles. The highest BCUT2D eigenvalue weighted by molar-refractivity contribution is 6.02. The Kier molecular flexibility index (Phi) is 13.0. The zero-order chi connectivity index (χ0) is 46.1. The van der Waals surface area contributed by atoms with Crippen molar-refractivity contribution in [2.24, 2.45) is 0 Å². The maximum atomic E-state index is 15.1. The summed E-state index contributed by atoms with van der Waals surface area (Å²) >= 11 is 0. The molecule has 19 heteroatoms. The van der Waals surface area contributed by atoms with Crippen LogP contribution >= 0.6 is 0 Å². The Morgan fingerprint density at radius 1 is 0.864 bits per heavy atom. The van der Waals surface area contributed by atoms with Crippen molar-refractivity contribution in [1.29, 1.82) is 0 Å². The second kappa shape index (κ2) is 19.0. The van der Waals surface area contributed by atoms with Crippen LogP contribution in [0.5, 0.6) is 0 Å². The van der Waals surface area contributed by atoms with E-state index in [9.17, 15) is 14.4 Å². The first-order valence-corrected chi connectivity index (χ1v) is 23.5. The number of amides is 3.